The van der Waals surface area contributed by atoms with Crippen LogP contribution in [0.4, 0.5) is 5.69 Å². The van der Waals surface area contributed by atoms with E-state index in [1.807, 2.05) is 19.1 Å². The summed E-state index contributed by atoms with van der Waals surface area (Å²) in [6.07, 6.45) is 1.62. The first kappa shape index (κ1) is 24.4. The van der Waals surface area contributed by atoms with Gasteiger partial charge in [-0.3, -0.25) is 4.79 Å². The molecule has 3 aromatic carbocycles. The quantitative estimate of drug-likeness (QED) is 0.358. The van der Waals surface area contributed by atoms with E-state index in [0.717, 1.165) is 5.56 Å². The molecule has 0 fully saturated rings. The second-order valence-electron chi connectivity index (χ2n) is 7.34. The van der Waals surface area contributed by atoms with E-state index < -0.39 is 18.0 Å². The molecule has 0 aliphatic rings. The van der Waals surface area contributed by atoms with Crippen LogP contribution in [0, 0.1) is 6.92 Å². The van der Waals surface area contributed by atoms with Gasteiger partial charge in [0.2, 0.25) is 6.10 Å². The average Bonchev–Trinajstić information content (AvgIpc) is 2.86. The summed E-state index contributed by atoms with van der Waals surface area (Å²) >= 11 is 0. The van der Waals surface area contributed by atoms with Gasteiger partial charge < -0.3 is 24.3 Å². The number of hydrogen-bond donors (Lipinski definition) is 1. The van der Waals surface area contributed by atoms with Gasteiger partial charge >= 0.3 is 5.97 Å². The van der Waals surface area contributed by atoms with Gasteiger partial charge in [0.25, 0.3) is 5.91 Å². The number of methoxy groups -OCH3 is 3. The Labute approximate surface area is 198 Å². The van der Waals surface area contributed by atoms with Crippen molar-refractivity contribution >= 4 is 23.6 Å². The molecule has 7 heteroatoms. The fourth-order valence-corrected chi connectivity index (χ4v) is 3.38. The van der Waals surface area contributed by atoms with E-state index in [1.165, 1.54) is 27.4 Å². The minimum absolute atomic E-state index is 0.484. The highest BCUT2D eigenvalue weighted by atomic mass is 16.5. The summed E-state index contributed by atoms with van der Waals surface area (Å²) in [4.78, 5) is 25.9. The Morgan fingerprint density at radius 2 is 1.59 bits per heavy atom. The highest BCUT2D eigenvalue weighted by Gasteiger charge is 2.25. The third-order valence-corrected chi connectivity index (χ3v) is 5.02. The molecule has 0 saturated carbocycles. The number of rotatable bonds is 9. The summed E-state index contributed by atoms with van der Waals surface area (Å²) in [6, 6.07) is 19.5. The summed E-state index contributed by atoms with van der Waals surface area (Å²) in [7, 11) is 4.57. The molecule has 0 bridgehead atoms. The molecule has 3 aromatic rings. The van der Waals surface area contributed by atoms with Crippen molar-refractivity contribution in [1.82, 2.24) is 0 Å². The maximum absolute atomic E-state index is 13.2. The summed E-state index contributed by atoms with van der Waals surface area (Å²) in [5.41, 5.74) is 2.59. The van der Waals surface area contributed by atoms with E-state index in [9.17, 15) is 9.59 Å². The molecular weight excluding hydrogens is 434 g/mol. The van der Waals surface area contributed by atoms with Crippen LogP contribution in [-0.4, -0.2) is 33.2 Å². The fraction of sp³-hybridized carbons (Fsp3) is 0.185. The monoisotopic (exact) mass is 461 g/mol. The van der Waals surface area contributed by atoms with Crippen molar-refractivity contribution in [2.45, 2.75) is 13.0 Å². The molecule has 176 valence electrons. The lowest BCUT2D eigenvalue weighted by molar-refractivity contribution is -0.149. The van der Waals surface area contributed by atoms with Gasteiger partial charge in [-0.25, -0.2) is 4.79 Å². The first-order valence-electron chi connectivity index (χ1n) is 10.6. The third kappa shape index (κ3) is 5.95. The van der Waals surface area contributed by atoms with Crippen molar-refractivity contribution in [3.8, 4) is 17.2 Å². The zero-order valence-corrected chi connectivity index (χ0v) is 19.5. The Balaban J connectivity index is 1.84. The number of amides is 1. The number of para-hydroxylation sites is 1. The van der Waals surface area contributed by atoms with Crippen LogP contribution in [0.25, 0.3) is 6.08 Å². The van der Waals surface area contributed by atoms with E-state index in [2.05, 4.69) is 5.32 Å². The number of esters is 1. The number of anilines is 1. The molecule has 0 aliphatic heterocycles. The number of aryl methyl sites for hydroxylation is 1. The highest BCUT2D eigenvalue weighted by molar-refractivity contribution is 5.98. The van der Waals surface area contributed by atoms with E-state index in [0.29, 0.717) is 34.1 Å². The molecule has 1 amide bonds. The maximum Gasteiger partial charge on any atom is 0.331 e. The van der Waals surface area contributed by atoms with E-state index in [-0.39, 0.29) is 0 Å². The van der Waals surface area contributed by atoms with Crippen LogP contribution in [-0.2, 0) is 14.3 Å². The molecule has 0 radical (unpaired) electrons. The topological polar surface area (TPSA) is 83.1 Å². The number of benzene rings is 3. The number of carbonyl (C=O) groups excluding carboxylic acids is 2. The summed E-state index contributed by atoms with van der Waals surface area (Å²) in [5, 5.41) is 2.81. The molecule has 0 saturated heterocycles. The van der Waals surface area contributed by atoms with Gasteiger partial charge in [0.05, 0.1) is 27.0 Å². The molecule has 0 heterocycles. The van der Waals surface area contributed by atoms with E-state index >= 15 is 0 Å². The van der Waals surface area contributed by atoms with Crippen molar-refractivity contribution in [3.05, 3.63) is 89.5 Å². The normalized spacial score (nSPS) is 11.5. The standard InChI is InChI=1S/C27H27NO6/c1-18-13-15-22(31-2)21(17-18)28-27(30)26(19-9-6-5-7-10-19)34-24(29)16-14-20-11-8-12-23(32-3)25(20)33-4/h5-17,26H,1-4H3,(H,28,30)/b16-14+. The molecule has 3 rings (SSSR count). The largest absolute Gasteiger partial charge is 0.495 e. The lowest BCUT2D eigenvalue weighted by Crippen LogP contribution is -2.25. The average molecular weight is 462 g/mol. The van der Waals surface area contributed by atoms with Crippen molar-refractivity contribution in [1.29, 1.82) is 0 Å². The smallest absolute Gasteiger partial charge is 0.331 e. The molecule has 0 aliphatic carbocycles. The molecule has 1 atom stereocenters. The molecular formula is C27H27NO6. The Hall–Kier alpha value is -4.26. The molecule has 0 aromatic heterocycles. The van der Waals surface area contributed by atoms with Crippen molar-refractivity contribution in [2.24, 2.45) is 0 Å². The highest BCUT2D eigenvalue weighted by Crippen LogP contribution is 2.32. The predicted octanol–water partition coefficient (Wildman–Crippen LogP) is 4.96. The fourth-order valence-electron chi connectivity index (χ4n) is 3.38. The van der Waals surface area contributed by atoms with Crippen LogP contribution in [0.15, 0.2) is 72.8 Å². The Bertz CT molecular complexity index is 1170. The van der Waals surface area contributed by atoms with Crippen LogP contribution in [0.5, 0.6) is 17.2 Å². The van der Waals surface area contributed by atoms with Crippen LogP contribution in [0.2, 0.25) is 0 Å². The summed E-state index contributed by atoms with van der Waals surface area (Å²) in [5.74, 6) is 0.326. The van der Waals surface area contributed by atoms with Crippen LogP contribution in [0.1, 0.15) is 22.8 Å². The van der Waals surface area contributed by atoms with Crippen LogP contribution < -0.4 is 19.5 Å². The summed E-state index contributed by atoms with van der Waals surface area (Å²) < 4.78 is 21.6. The second kappa shape index (κ2) is 11.6. The van der Waals surface area contributed by atoms with Crippen molar-refractivity contribution in [2.75, 3.05) is 26.6 Å². The number of carbonyl (C=O) groups is 2. The van der Waals surface area contributed by atoms with Gasteiger partial charge in [-0.2, -0.15) is 0 Å². The van der Waals surface area contributed by atoms with Gasteiger partial charge in [-0.15, -0.1) is 0 Å². The molecule has 1 N–H and O–H groups in total. The van der Waals surface area contributed by atoms with Gasteiger partial charge in [-0.1, -0.05) is 48.5 Å². The SMILES string of the molecule is COc1ccc(C)cc1NC(=O)C(OC(=O)/C=C/c1cccc(OC)c1OC)c1ccccc1. The van der Waals surface area contributed by atoms with Gasteiger partial charge in [-0.05, 0) is 36.8 Å². The second-order valence-corrected chi connectivity index (χ2v) is 7.34. The Morgan fingerprint density at radius 3 is 2.26 bits per heavy atom. The third-order valence-electron chi connectivity index (χ3n) is 5.02. The Kier molecular flexibility index (Phi) is 8.29. The van der Waals surface area contributed by atoms with Gasteiger partial charge in [0, 0.05) is 17.2 Å². The van der Waals surface area contributed by atoms with Crippen molar-refractivity contribution in [3.63, 3.8) is 0 Å². The minimum Gasteiger partial charge on any atom is -0.495 e. The van der Waals surface area contributed by atoms with Gasteiger partial charge in [0.1, 0.15) is 5.75 Å². The van der Waals surface area contributed by atoms with Gasteiger partial charge in [0.15, 0.2) is 11.5 Å². The zero-order chi connectivity index (χ0) is 24.5. The first-order valence-corrected chi connectivity index (χ1v) is 10.6. The first-order chi connectivity index (χ1) is 16.5. The lowest BCUT2D eigenvalue weighted by atomic mass is 10.1. The molecule has 1 unspecified atom stereocenters. The number of nitrogens with one attached hydrogen (secondary N) is 1. The molecule has 7 nitrogen and oxygen atoms in total. The van der Waals surface area contributed by atoms with E-state index in [4.69, 9.17) is 18.9 Å². The minimum atomic E-state index is -1.17. The van der Waals surface area contributed by atoms with Crippen LogP contribution >= 0.6 is 0 Å². The predicted molar refractivity (Wildman–Crippen MR) is 130 cm³/mol. The van der Waals surface area contributed by atoms with E-state index in [1.54, 1.807) is 60.7 Å². The number of hydrogen-bond acceptors (Lipinski definition) is 6. The lowest BCUT2D eigenvalue weighted by Gasteiger charge is -2.18. The maximum atomic E-state index is 13.2. The number of ether oxygens (including phenoxy) is 4. The summed E-state index contributed by atoms with van der Waals surface area (Å²) in [6.45, 7) is 1.90. The Morgan fingerprint density at radius 1 is 0.853 bits per heavy atom. The molecule has 0 spiro atoms. The molecule has 34 heavy (non-hydrogen) atoms. The van der Waals surface area contributed by atoms with Crippen molar-refractivity contribution < 1.29 is 28.5 Å². The zero-order valence-electron chi connectivity index (χ0n) is 19.5. The van der Waals surface area contributed by atoms with Crippen LogP contribution in [0.3, 0.4) is 0 Å².